The number of carbonyl (C=O) groups is 2. The van der Waals surface area contributed by atoms with Crippen molar-refractivity contribution in [2.45, 2.75) is 32.4 Å². The Bertz CT molecular complexity index is 283. The van der Waals surface area contributed by atoms with E-state index in [2.05, 4.69) is 10.6 Å². The summed E-state index contributed by atoms with van der Waals surface area (Å²) in [6, 6.07) is -1.58. The number of carboxylic acids is 1. The van der Waals surface area contributed by atoms with Crippen molar-refractivity contribution in [3.63, 3.8) is 0 Å². The second-order valence-corrected chi connectivity index (χ2v) is 5.20. The molecule has 0 heterocycles. The molecule has 0 aliphatic heterocycles. The molecule has 16 heavy (non-hydrogen) atoms. The molecule has 0 saturated heterocycles. The topological polar surface area (TPSA) is 95.5 Å². The molecule has 6 nitrogen and oxygen atoms in total. The lowest BCUT2D eigenvalue weighted by Gasteiger charge is -2.15. The number of carbonyl (C=O) groups excluding carboxylic acids is 1. The number of urea groups is 1. The first kappa shape index (κ1) is 14.9. The Labute approximate surface area is 97.3 Å². The molecule has 0 aromatic heterocycles. The summed E-state index contributed by atoms with van der Waals surface area (Å²) in [4.78, 5) is 21.7. The van der Waals surface area contributed by atoms with Crippen molar-refractivity contribution in [1.82, 2.24) is 10.6 Å². The molecule has 7 heteroatoms. The molecule has 0 spiro atoms. The van der Waals surface area contributed by atoms with Gasteiger partial charge in [0.25, 0.3) is 0 Å². The van der Waals surface area contributed by atoms with Gasteiger partial charge in [0.1, 0.15) is 6.04 Å². The molecule has 2 unspecified atom stereocenters. The number of nitrogens with one attached hydrogen (secondary N) is 2. The van der Waals surface area contributed by atoms with Gasteiger partial charge in [-0.15, -0.1) is 0 Å². The first-order chi connectivity index (χ1) is 7.32. The van der Waals surface area contributed by atoms with Gasteiger partial charge in [-0.05, 0) is 20.3 Å². The molecule has 3 atom stereocenters. The zero-order valence-corrected chi connectivity index (χ0v) is 10.5. The van der Waals surface area contributed by atoms with Crippen molar-refractivity contribution in [2.24, 2.45) is 0 Å². The van der Waals surface area contributed by atoms with Crippen molar-refractivity contribution in [3.05, 3.63) is 0 Å². The zero-order valence-electron chi connectivity index (χ0n) is 9.65. The minimum atomic E-state index is -1.09. The summed E-state index contributed by atoms with van der Waals surface area (Å²) in [7, 11) is -0.885. The summed E-state index contributed by atoms with van der Waals surface area (Å²) < 4.78 is 10.8. The predicted octanol–water partition coefficient (Wildman–Crippen LogP) is -0.0842. The van der Waals surface area contributed by atoms with Crippen molar-refractivity contribution >= 4 is 22.8 Å². The van der Waals surface area contributed by atoms with E-state index >= 15 is 0 Å². The third-order valence-corrected chi connectivity index (χ3v) is 2.74. The fourth-order valence-electron chi connectivity index (χ4n) is 0.939. The van der Waals surface area contributed by atoms with E-state index in [1.165, 1.54) is 6.92 Å². The average molecular weight is 250 g/mol. The van der Waals surface area contributed by atoms with Crippen LogP contribution in [-0.2, 0) is 15.6 Å². The molecule has 0 fully saturated rings. The lowest BCUT2D eigenvalue weighted by atomic mass is 10.2. The fraction of sp³-hybridized carbons (Fsp3) is 0.778. The number of carboxylic acid groups (broad SMARTS) is 1. The summed E-state index contributed by atoms with van der Waals surface area (Å²) in [5.74, 6) is -0.576. The van der Waals surface area contributed by atoms with E-state index in [1.54, 1.807) is 13.2 Å². The van der Waals surface area contributed by atoms with Gasteiger partial charge in [-0.3, -0.25) is 9.00 Å². The molecule has 0 rings (SSSR count). The van der Waals surface area contributed by atoms with Gasteiger partial charge in [-0.1, -0.05) is 0 Å². The highest BCUT2D eigenvalue weighted by Crippen LogP contribution is 1.92. The Morgan fingerprint density at radius 2 is 1.88 bits per heavy atom. The summed E-state index contributed by atoms with van der Waals surface area (Å²) in [6.45, 7) is 3.16. The normalized spacial score (nSPS) is 15.9. The quantitative estimate of drug-likeness (QED) is 0.614. The van der Waals surface area contributed by atoms with Gasteiger partial charge in [-0.25, -0.2) is 4.79 Å². The van der Waals surface area contributed by atoms with Crippen LogP contribution in [0, 0.1) is 0 Å². The SMILES string of the molecule is CC(CCS(C)=O)NC(=O)N[C@H](C)C(=O)O. The fourth-order valence-corrected chi connectivity index (χ4v) is 1.62. The van der Waals surface area contributed by atoms with E-state index in [-0.39, 0.29) is 6.04 Å². The van der Waals surface area contributed by atoms with E-state index in [9.17, 15) is 13.8 Å². The van der Waals surface area contributed by atoms with Gasteiger partial charge < -0.3 is 15.7 Å². The minimum Gasteiger partial charge on any atom is -0.480 e. The van der Waals surface area contributed by atoms with Gasteiger partial charge in [0.05, 0.1) is 0 Å². The number of aliphatic carboxylic acids is 1. The number of rotatable bonds is 6. The smallest absolute Gasteiger partial charge is 0.325 e. The van der Waals surface area contributed by atoms with Crippen LogP contribution in [0.3, 0.4) is 0 Å². The lowest BCUT2D eigenvalue weighted by molar-refractivity contribution is -0.138. The van der Waals surface area contributed by atoms with Crippen LogP contribution in [0.5, 0.6) is 0 Å². The van der Waals surface area contributed by atoms with Gasteiger partial charge in [0.15, 0.2) is 0 Å². The van der Waals surface area contributed by atoms with E-state index in [0.717, 1.165) is 0 Å². The standard InChI is InChI=1S/C9H18N2O4S/c1-6(4-5-16(3)15)10-9(14)11-7(2)8(12)13/h6-7H,4-5H2,1-3H3,(H,12,13)(H2,10,11,14)/t6?,7-,16?/m1/s1. The molecule has 0 saturated carbocycles. The Hall–Kier alpha value is -1.11. The van der Waals surface area contributed by atoms with Crippen LogP contribution in [0.4, 0.5) is 4.79 Å². The highest BCUT2D eigenvalue weighted by molar-refractivity contribution is 7.84. The van der Waals surface area contributed by atoms with Crippen LogP contribution in [0.25, 0.3) is 0 Å². The monoisotopic (exact) mass is 250 g/mol. The predicted molar refractivity (Wildman–Crippen MR) is 61.8 cm³/mol. The lowest BCUT2D eigenvalue weighted by Crippen LogP contribution is -2.47. The minimum absolute atomic E-state index is 0.134. The largest absolute Gasteiger partial charge is 0.480 e. The molecule has 0 radical (unpaired) electrons. The molecule has 3 N–H and O–H groups in total. The third-order valence-electron chi connectivity index (χ3n) is 1.93. The van der Waals surface area contributed by atoms with E-state index < -0.39 is 28.8 Å². The summed E-state index contributed by atoms with van der Waals surface area (Å²) in [5.41, 5.74) is 0. The van der Waals surface area contributed by atoms with Crippen LogP contribution in [0.1, 0.15) is 20.3 Å². The summed E-state index contributed by atoms with van der Waals surface area (Å²) in [5, 5.41) is 13.4. The summed E-state index contributed by atoms with van der Waals surface area (Å²) >= 11 is 0. The van der Waals surface area contributed by atoms with Crippen LogP contribution >= 0.6 is 0 Å². The van der Waals surface area contributed by atoms with Crippen LogP contribution < -0.4 is 10.6 Å². The van der Waals surface area contributed by atoms with E-state index in [0.29, 0.717) is 12.2 Å². The maximum atomic E-state index is 11.3. The summed E-state index contributed by atoms with van der Waals surface area (Å²) in [6.07, 6.45) is 2.19. The Morgan fingerprint density at radius 3 is 2.31 bits per heavy atom. The molecule has 0 bridgehead atoms. The second kappa shape index (κ2) is 7.21. The highest BCUT2D eigenvalue weighted by Gasteiger charge is 2.15. The van der Waals surface area contributed by atoms with Crippen molar-refractivity contribution in [1.29, 1.82) is 0 Å². The highest BCUT2D eigenvalue weighted by atomic mass is 32.2. The maximum absolute atomic E-state index is 11.3. The molecule has 0 aromatic carbocycles. The molecule has 0 aromatic rings. The Kier molecular flexibility index (Phi) is 6.71. The first-order valence-electron chi connectivity index (χ1n) is 4.92. The van der Waals surface area contributed by atoms with Crippen molar-refractivity contribution in [3.8, 4) is 0 Å². The molecular formula is C9H18N2O4S. The third kappa shape index (κ3) is 7.22. The molecule has 0 aliphatic carbocycles. The van der Waals surface area contributed by atoms with Crippen LogP contribution in [-0.4, -0.2) is 45.4 Å². The molecule has 94 valence electrons. The maximum Gasteiger partial charge on any atom is 0.325 e. The van der Waals surface area contributed by atoms with Crippen LogP contribution in [0.2, 0.25) is 0 Å². The van der Waals surface area contributed by atoms with Gasteiger partial charge >= 0.3 is 12.0 Å². The van der Waals surface area contributed by atoms with Gasteiger partial charge in [0.2, 0.25) is 0 Å². The molecule has 2 amide bonds. The average Bonchev–Trinajstić information content (AvgIpc) is 2.14. The number of hydrogen-bond acceptors (Lipinski definition) is 3. The zero-order chi connectivity index (χ0) is 12.7. The van der Waals surface area contributed by atoms with Gasteiger partial charge in [-0.2, -0.15) is 0 Å². The van der Waals surface area contributed by atoms with E-state index in [1.807, 2.05) is 0 Å². The molecular weight excluding hydrogens is 232 g/mol. The van der Waals surface area contributed by atoms with Crippen molar-refractivity contribution < 1.29 is 18.9 Å². The number of hydrogen-bond donors (Lipinski definition) is 3. The van der Waals surface area contributed by atoms with E-state index in [4.69, 9.17) is 5.11 Å². The molecule has 0 aliphatic rings. The second-order valence-electron chi connectivity index (χ2n) is 3.64. The van der Waals surface area contributed by atoms with Crippen molar-refractivity contribution in [2.75, 3.05) is 12.0 Å². The first-order valence-corrected chi connectivity index (χ1v) is 6.65. The Balaban J connectivity index is 3.86. The van der Waals surface area contributed by atoms with Gasteiger partial charge in [0, 0.05) is 28.9 Å². The van der Waals surface area contributed by atoms with Crippen LogP contribution in [0.15, 0.2) is 0 Å². The number of amides is 2. The Morgan fingerprint density at radius 1 is 1.31 bits per heavy atom.